The molecule has 0 atom stereocenters. The number of nitro benzene ring substituents is 1. The van der Waals surface area contributed by atoms with E-state index in [0.717, 1.165) is 0 Å². The lowest BCUT2D eigenvalue weighted by Gasteiger charge is -2.08. The Morgan fingerprint density at radius 3 is 2.32 bits per heavy atom. The molecule has 0 heterocycles. The van der Waals surface area contributed by atoms with Gasteiger partial charge in [-0.3, -0.25) is 19.7 Å². The van der Waals surface area contributed by atoms with E-state index < -0.39 is 4.92 Å². The lowest BCUT2D eigenvalue weighted by Crippen LogP contribution is -2.14. The van der Waals surface area contributed by atoms with E-state index in [1.165, 1.54) is 18.2 Å². The van der Waals surface area contributed by atoms with Gasteiger partial charge in [0, 0.05) is 35.5 Å². The molecule has 7 nitrogen and oxygen atoms in total. The maximum atomic E-state index is 12.2. The van der Waals surface area contributed by atoms with Gasteiger partial charge in [0.2, 0.25) is 5.91 Å². The summed E-state index contributed by atoms with van der Waals surface area (Å²) in [7, 11) is 0. The van der Waals surface area contributed by atoms with Crippen LogP contribution in [-0.4, -0.2) is 16.7 Å². The van der Waals surface area contributed by atoms with Crippen LogP contribution in [-0.2, 0) is 4.79 Å². The third-order valence-electron chi connectivity index (χ3n) is 3.34. The first kappa shape index (κ1) is 18.1. The third kappa shape index (κ3) is 5.42. The van der Waals surface area contributed by atoms with Crippen LogP contribution in [0.3, 0.4) is 0 Å². The van der Waals surface area contributed by atoms with E-state index >= 15 is 0 Å². The number of rotatable bonds is 6. The summed E-state index contributed by atoms with van der Waals surface area (Å²) in [5, 5.41) is 16.1. The number of anilines is 2. The van der Waals surface area contributed by atoms with E-state index in [2.05, 4.69) is 10.6 Å². The fourth-order valence-electron chi connectivity index (χ4n) is 2.19. The molecule has 0 aliphatic carbocycles. The van der Waals surface area contributed by atoms with Crippen LogP contribution in [0.4, 0.5) is 17.1 Å². The van der Waals surface area contributed by atoms with E-state index in [4.69, 9.17) is 0 Å². The quantitative estimate of drug-likeness (QED) is 0.616. The molecule has 0 aliphatic rings. The molecule has 0 saturated heterocycles. The van der Waals surface area contributed by atoms with Gasteiger partial charge in [-0.25, -0.2) is 0 Å². The van der Waals surface area contributed by atoms with Gasteiger partial charge in [0.25, 0.3) is 11.6 Å². The number of hydrogen-bond acceptors (Lipinski definition) is 4. The summed E-state index contributed by atoms with van der Waals surface area (Å²) in [6.07, 6.45) is 0.426. The zero-order valence-corrected chi connectivity index (χ0v) is 14.0. The fraction of sp³-hybridized carbons (Fsp3) is 0.222. The molecule has 2 N–H and O–H groups in total. The van der Waals surface area contributed by atoms with Gasteiger partial charge in [-0.1, -0.05) is 19.9 Å². The summed E-state index contributed by atoms with van der Waals surface area (Å²) in [5.41, 5.74) is 1.24. The zero-order chi connectivity index (χ0) is 18.4. The zero-order valence-electron chi connectivity index (χ0n) is 14.0. The predicted molar refractivity (Wildman–Crippen MR) is 95.6 cm³/mol. The Hall–Kier alpha value is -3.22. The van der Waals surface area contributed by atoms with E-state index in [1.54, 1.807) is 30.3 Å². The highest BCUT2D eigenvalue weighted by Crippen LogP contribution is 2.18. The minimum atomic E-state index is -0.524. The molecule has 2 aromatic carbocycles. The number of amides is 2. The second-order valence-corrected chi connectivity index (χ2v) is 5.99. The molecule has 2 amide bonds. The lowest BCUT2D eigenvalue weighted by atomic mass is 10.1. The molecule has 2 rings (SSSR count). The normalized spacial score (nSPS) is 10.4. The van der Waals surface area contributed by atoms with E-state index in [1.807, 2.05) is 13.8 Å². The number of carbonyl (C=O) groups excluding carboxylic acids is 2. The van der Waals surface area contributed by atoms with Crippen molar-refractivity contribution in [3.8, 4) is 0 Å². The van der Waals surface area contributed by atoms with Crippen LogP contribution < -0.4 is 10.6 Å². The Kier molecular flexibility index (Phi) is 5.84. The van der Waals surface area contributed by atoms with Gasteiger partial charge in [0.05, 0.1) is 4.92 Å². The molecule has 7 heteroatoms. The van der Waals surface area contributed by atoms with Gasteiger partial charge >= 0.3 is 0 Å². The molecule has 0 bridgehead atoms. The lowest BCUT2D eigenvalue weighted by molar-refractivity contribution is -0.384. The van der Waals surface area contributed by atoms with Crippen molar-refractivity contribution in [3.63, 3.8) is 0 Å². The summed E-state index contributed by atoms with van der Waals surface area (Å²) >= 11 is 0. The minimum Gasteiger partial charge on any atom is -0.326 e. The van der Waals surface area contributed by atoms with Crippen molar-refractivity contribution >= 4 is 28.9 Å². The average Bonchev–Trinajstić information content (AvgIpc) is 2.54. The van der Waals surface area contributed by atoms with Crippen molar-refractivity contribution in [2.24, 2.45) is 5.92 Å². The largest absolute Gasteiger partial charge is 0.326 e. The highest BCUT2D eigenvalue weighted by molar-refractivity contribution is 6.04. The Bertz CT molecular complexity index is 785. The van der Waals surface area contributed by atoms with Gasteiger partial charge < -0.3 is 10.6 Å². The maximum absolute atomic E-state index is 12.2. The predicted octanol–water partition coefficient (Wildman–Crippen LogP) is 3.83. The minimum absolute atomic E-state index is 0.0798. The Morgan fingerprint density at radius 1 is 1.04 bits per heavy atom. The molecule has 130 valence electrons. The maximum Gasteiger partial charge on any atom is 0.271 e. The molecule has 0 aromatic heterocycles. The van der Waals surface area contributed by atoms with E-state index in [0.29, 0.717) is 23.4 Å². The number of carbonyl (C=O) groups is 2. The Morgan fingerprint density at radius 2 is 1.72 bits per heavy atom. The SMILES string of the molecule is CC(C)CC(=O)Nc1ccc(C(=O)Nc2cccc([N+](=O)[O-])c2)cc1. The summed E-state index contributed by atoms with van der Waals surface area (Å²) in [6.45, 7) is 3.92. The first-order chi connectivity index (χ1) is 11.8. The molecule has 0 spiro atoms. The van der Waals surface area contributed by atoms with Crippen LogP contribution in [0.15, 0.2) is 48.5 Å². The monoisotopic (exact) mass is 341 g/mol. The number of nitro groups is 1. The highest BCUT2D eigenvalue weighted by atomic mass is 16.6. The van der Waals surface area contributed by atoms with Crippen LogP contribution in [0.5, 0.6) is 0 Å². The Balaban J connectivity index is 2.02. The van der Waals surface area contributed by atoms with Gasteiger partial charge in [-0.2, -0.15) is 0 Å². The second kappa shape index (κ2) is 8.05. The van der Waals surface area contributed by atoms with Gasteiger partial charge in [0.15, 0.2) is 0 Å². The number of nitrogens with one attached hydrogen (secondary N) is 2. The standard InChI is InChI=1S/C18H19N3O4/c1-12(2)10-17(22)19-14-8-6-13(7-9-14)18(23)20-15-4-3-5-16(11-15)21(24)25/h3-9,11-12H,10H2,1-2H3,(H,19,22)(H,20,23). The van der Waals surface area contributed by atoms with Crippen molar-refractivity contribution in [3.05, 3.63) is 64.2 Å². The smallest absolute Gasteiger partial charge is 0.271 e. The number of hydrogen-bond donors (Lipinski definition) is 2. The van der Waals surface area contributed by atoms with Crippen molar-refractivity contribution in [1.82, 2.24) is 0 Å². The van der Waals surface area contributed by atoms with Crippen molar-refractivity contribution in [1.29, 1.82) is 0 Å². The molecule has 0 unspecified atom stereocenters. The molecule has 25 heavy (non-hydrogen) atoms. The summed E-state index contributed by atoms with van der Waals surface area (Å²) in [4.78, 5) is 34.2. The number of nitrogens with zero attached hydrogens (tertiary/aromatic N) is 1. The number of non-ortho nitro benzene ring substituents is 1. The number of benzene rings is 2. The molecule has 0 saturated carbocycles. The van der Waals surface area contributed by atoms with Crippen LogP contribution in [0.1, 0.15) is 30.6 Å². The van der Waals surface area contributed by atoms with E-state index in [9.17, 15) is 19.7 Å². The first-order valence-corrected chi connectivity index (χ1v) is 7.81. The van der Waals surface area contributed by atoms with Crippen LogP contribution in [0, 0.1) is 16.0 Å². The van der Waals surface area contributed by atoms with Gasteiger partial charge in [0.1, 0.15) is 0 Å². The summed E-state index contributed by atoms with van der Waals surface area (Å²) in [5.74, 6) is -0.204. The Labute approximate surface area is 145 Å². The van der Waals surface area contributed by atoms with Crippen LogP contribution >= 0.6 is 0 Å². The molecule has 2 aromatic rings. The second-order valence-electron chi connectivity index (χ2n) is 5.99. The van der Waals surface area contributed by atoms with Crippen molar-refractivity contribution in [2.75, 3.05) is 10.6 Å². The highest BCUT2D eigenvalue weighted by Gasteiger charge is 2.10. The average molecular weight is 341 g/mol. The first-order valence-electron chi connectivity index (χ1n) is 7.81. The molecular formula is C18H19N3O4. The van der Waals surface area contributed by atoms with Crippen molar-refractivity contribution in [2.45, 2.75) is 20.3 Å². The molecule has 0 aliphatic heterocycles. The van der Waals surface area contributed by atoms with Crippen LogP contribution in [0.2, 0.25) is 0 Å². The summed E-state index contributed by atoms with van der Waals surface area (Å²) in [6, 6.07) is 12.2. The summed E-state index contributed by atoms with van der Waals surface area (Å²) < 4.78 is 0. The molecular weight excluding hydrogens is 322 g/mol. The third-order valence-corrected chi connectivity index (χ3v) is 3.34. The van der Waals surface area contributed by atoms with E-state index in [-0.39, 0.29) is 23.4 Å². The topological polar surface area (TPSA) is 101 Å². The molecule has 0 radical (unpaired) electrons. The van der Waals surface area contributed by atoms with Crippen molar-refractivity contribution < 1.29 is 14.5 Å². The fourth-order valence-corrected chi connectivity index (χ4v) is 2.19. The van der Waals surface area contributed by atoms with Gasteiger partial charge in [-0.05, 0) is 36.2 Å². The molecule has 0 fully saturated rings. The van der Waals surface area contributed by atoms with Gasteiger partial charge in [-0.15, -0.1) is 0 Å². The van der Waals surface area contributed by atoms with Crippen LogP contribution in [0.25, 0.3) is 0 Å².